The number of amides is 2. The molecule has 2 N–H and O–H groups in total. The number of hydrogen-bond donors (Lipinski definition) is 2. The first-order valence-corrected chi connectivity index (χ1v) is 9.90. The Bertz CT molecular complexity index is 956. The summed E-state index contributed by atoms with van der Waals surface area (Å²) in [7, 11) is 0. The lowest BCUT2D eigenvalue weighted by molar-refractivity contribution is -0.118. The molecule has 1 aromatic heterocycles. The molecular weight excluding hydrogens is 380 g/mol. The maximum absolute atomic E-state index is 12.8. The van der Waals surface area contributed by atoms with Crippen molar-refractivity contribution in [2.75, 3.05) is 11.9 Å². The zero-order chi connectivity index (χ0) is 21.3. The Morgan fingerprint density at radius 1 is 1.07 bits per heavy atom. The summed E-state index contributed by atoms with van der Waals surface area (Å²) < 4.78 is 7.54. The Morgan fingerprint density at radius 2 is 1.87 bits per heavy atom. The third-order valence-corrected chi connectivity index (χ3v) is 4.52. The summed E-state index contributed by atoms with van der Waals surface area (Å²) in [4.78, 5) is 25.3. The predicted molar refractivity (Wildman–Crippen MR) is 115 cm³/mol. The quantitative estimate of drug-likeness (QED) is 0.571. The van der Waals surface area contributed by atoms with Gasteiger partial charge in [-0.1, -0.05) is 38.1 Å². The van der Waals surface area contributed by atoms with Crippen LogP contribution in [0.3, 0.4) is 0 Å². The van der Waals surface area contributed by atoms with Crippen LogP contribution in [-0.2, 0) is 11.3 Å². The molecule has 3 aromatic rings. The molecule has 156 valence electrons. The summed E-state index contributed by atoms with van der Waals surface area (Å²) in [6.45, 7) is 4.88. The van der Waals surface area contributed by atoms with Crippen LogP contribution in [0.4, 0.5) is 5.69 Å². The molecule has 0 aliphatic carbocycles. The van der Waals surface area contributed by atoms with Crippen molar-refractivity contribution in [1.29, 1.82) is 0 Å². The number of nitrogens with one attached hydrogen (secondary N) is 2. The van der Waals surface area contributed by atoms with E-state index in [1.165, 1.54) is 0 Å². The highest BCUT2D eigenvalue weighted by atomic mass is 16.5. The zero-order valence-electron chi connectivity index (χ0n) is 17.1. The smallest absolute Gasteiger partial charge is 0.251 e. The van der Waals surface area contributed by atoms with E-state index in [4.69, 9.17) is 4.74 Å². The number of nitrogens with zero attached hydrogens (tertiary/aromatic N) is 2. The molecule has 0 fully saturated rings. The van der Waals surface area contributed by atoms with Crippen LogP contribution in [0, 0.1) is 5.92 Å². The van der Waals surface area contributed by atoms with E-state index in [0.29, 0.717) is 30.2 Å². The van der Waals surface area contributed by atoms with Crippen molar-refractivity contribution in [2.45, 2.75) is 26.4 Å². The van der Waals surface area contributed by atoms with Crippen molar-refractivity contribution in [2.24, 2.45) is 5.92 Å². The summed E-state index contributed by atoms with van der Waals surface area (Å²) in [6.07, 6.45) is 3.59. The highest BCUT2D eigenvalue weighted by Gasteiger charge is 2.24. The molecule has 0 radical (unpaired) electrons. The molecule has 2 aromatic carbocycles. The summed E-state index contributed by atoms with van der Waals surface area (Å²) in [6, 6.07) is 17.2. The SMILES string of the molecule is CC(C)C(NC(=O)c1ccccc1)C(=O)Nc1cccc(OCCn2cccn2)c1. The van der Waals surface area contributed by atoms with E-state index >= 15 is 0 Å². The fraction of sp³-hybridized carbons (Fsp3) is 0.261. The number of ether oxygens (including phenoxy) is 1. The molecular formula is C23H26N4O3. The lowest BCUT2D eigenvalue weighted by Gasteiger charge is -2.22. The molecule has 1 heterocycles. The first-order chi connectivity index (χ1) is 14.5. The molecule has 0 saturated heterocycles. The normalized spacial score (nSPS) is 11.7. The van der Waals surface area contributed by atoms with Crippen LogP contribution in [0.1, 0.15) is 24.2 Å². The van der Waals surface area contributed by atoms with E-state index in [0.717, 1.165) is 0 Å². The van der Waals surface area contributed by atoms with Crippen molar-refractivity contribution in [3.05, 3.63) is 78.6 Å². The predicted octanol–water partition coefficient (Wildman–Crippen LogP) is 3.36. The van der Waals surface area contributed by atoms with E-state index < -0.39 is 6.04 Å². The van der Waals surface area contributed by atoms with Gasteiger partial charge in [-0.3, -0.25) is 14.3 Å². The van der Waals surface area contributed by atoms with Gasteiger partial charge in [-0.2, -0.15) is 5.10 Å². The molecule has 0 aliphatic rings. The minimum absolute atomic E-state index is 0.0776. The van der Waals surface area contributed by atoms with Gasteiger partial charge in [-0.25, -0.2) is 0 Å². The van der Waals surface area contributed by atoms with Crippen LogP contribution in [0.2, 0.25) is 0 Å². The number of carbonyl (C=O) groups excluding carboxylic acids is 2. The molecule has 0 saturated carbocycles. The first kappa shape index (κ1) is 21.1. The van der Waals surface area contributed by atoms with E-state index in [-0.39, 0.29) is 17.7 Å². The van der Waals surface area contributed by atoms with Crippen LogP contribution in [0.15, 0.2) is 73.1 Å². The number of benzene rings is 2. The maximum atomic E-state index is 12.8. The summed E-state index contributed by atoms with van der Waals surface area (Å²) >= 11 is 0. The molecule has 7 nitrogen and oxygen atoms in total. The standard InChI is InChI=1S/C23H26N4O3/c1-17(2)21(26-22(28)18-8-4-3-5-9-18)23(29)25-19-10-6-11-20(16-19)30-15-14-27-13-7-12-24-27/h3-13,16-17,21H,14-15H2,1-2H3,(H,25,29)(H,26,28). The van der Waals surface area contributed by atoms with Gasteiger partial charge in [0.25, 0.3) is 5.91 Å². The van der Waals surface area contributed by atoms with Crippen molar-refractivity contribution >= 4 is 17.5 Å². The molecule has 3 rings (SSSR count). The molecule has 7 heteroatoms. The van der Waals surface area contributed by atoms with Gasteiger partial charge < -0.3 is 15.4 Å². The van der Waals surface area contributed by atoms with Crippen LogP contribution in [-0.4, -0.2) is 34.2 Å². The molecule has 2 amide bonds. The fourth-order valence-corrected chi connectivity index (χ4v) is 2.92. The molecule has 1 atom stereocenters. The van der Waals surface area contributed by atoms with Crippen LogP contribution in [0.25, 0.3) is 0 Å². The number of hydrogen-bond acceptors (Lipinski definition) is 4. The Kier molecular flexibility index (Phi) is 7.21. The molecule has 0 spiro atoms. The van der Waals surface area contributed by atoms with Gasteiger partial charge in [-0.15, -0.1) is 0 Å². The Balaban J connectivity index is 1.59. The third-order valence-electron chi connectivity index (χ3n) is 4.52. The monoisotopic (exact) mass is 406 g/mol. The molecule has 0 bridgehead atoms. The third kappa shape index (κ3) is 5.94. The second-order valence-corrected chi connectivity index (χ2v) is 7.20. The van der Waals surface area contributed by atoms with Gasteiger partial charge in [0.1, 0.15) is 18.4 Å². The summed E-state index contributed by atoms with van der Waals surface area (Å²) in [5, 5.41) is 9.83. The average molecular weight is 406 g/mol. The second kappa shape index (κ2) is 10.2. The minimum atomic E-state index is -0.665. The first-order valence-electron chi connectivity index (χ1n) is 9.90. The van der Waals surface area contributed by atoms with Gasteiger partial charge in [0.2, 0.25) is 5.91 Å². The van der Waals surface area contributed by atoms with Crippen molar-refractivity contribution in [3.8, 4) is 5.75 Å². The van der Waals surface area contributed by atoms with Gasteiger partial charge in [-0.05, 0) is 36.2 Å². The van der Waals surface area contributed by atoms with Crippen LogP contribution in [0.5, 0.6) is 5.75 Å². The van der Waals surface area contributed by atoms with Gasteiger partial charge in [0, 0.05) is 29.7 Å². The molecule has 1 unspecified atom stereocenters. The Hall–Kier alpha value is -3.61. The fourth-order valence-electron chi connectivity index (χ4n) is 2.92. The molecule has 0 aliphatic heterocycles. The van der Waals surface area contributed by atoms with E-state index in [1.807, 2.05) is 44.3 Å². The number of anilines is 1. The Morgan fingerprint density at radius 3 is 2.57 bits per heavy atom. The van der Waals surface area contributed by atoms with E-state index in [2.05, 4.69) is 15.7 Å². The van der Waals surface area contributed by atoms with E-state index in [9.17, 15) is 9.59 Å². The largest absolute Gasteiger partial charge is 0.492 e. The topological polar surface area (TPSA) is 85.3 Å². The second-order valence-electron chi connectivity index (χ2n) is 7.20. The number of carbonyl (C=O) groups is 2. The van der Waals surface area contributed by atoms with Gasteiger partial charge >= 0.3 is 0 Å². The number of aromatic nitrogens is 2. The van der Waals surface area contributed by atoms with Crippen LogP contribution >= 0.6 is 0 Å². The highest BCUT2D eigenvalue weighted by molar-refractivity contribution is 6.01. The number of rotatable bonds is 9. The highest BCUT2D eigenvalue weighted by Crippen LogP contribution is 2.18. The van der Waals surface area contributed by atoms with E-state index in [1.54, 1.807) is 47.3 Å². The lowest BCUT2D eigenvalue weighted by Crippen LogP contribution is -2.47. The lowest BCUT2D eigenvalue weighted by atomic mass is 10.0. The van der Waals surface area contributed by atoms with Gasteiger partial charge in [0.05, 0.1) is 6.54 Å². The Labute approximate surface area is 176 Å². The average Bonchev–Trinajstić information content (AvgIpc) is 3.26. The maximum Gasteiger partial charge on any atom is 0.251 e. The van der Waals surface area contributed by atoms with Crippen molar-refractivity contribution in [3.63, 3.8) is 0 Å². The van der Waals surface area contributed by atoms with Crippen molar-refractivity contribution < 1.29 is 14.3 Å². The summed E-state index contributed by atoms with van der Waals surface area (Å²) in [5.41, 5.74) is 1.12. The molecule has 30 heavy (non-hydrogen) atoms. The minimum Gasteiger partial charge on any atom is -0.492 e. The van der Waals surface area contributed by atoms with Crippen molar-refractivity contribution in [1.82, 2.24) is 15.1 Å². The van der Waals surface area contributed by atoms with Gasteiger partial charge in [0.15, 0.2) is 0 Å². The summed E-state index contributed by atoms with van der Waals surface area (Å²) in [5.74, 6) is 0.0173. The van der Waals surface area contributed by atoms with Crippen LogP contribution < -0.4 is 15.4 Å². The zero-order valence-corrected chi connectivity index (χ0v) is 17.1.